The van der Waals surface area contributed by atoms with Gasteiger partial charge in [0.05, 0.1) is 0 Å². The fourth-order valence-corrected chi connectivity index (χ4v) is 29.0. The van der Waals surface area contributed by atoms with Gasteiger partial charge in [0.15, 0.2) is 0 Å². The topological polar surface area (TPSA) is 0 Å². The van der Waals surface area contributed by atoms with Crippen molar-refractivity contribution < 1.29 is 0 Å². The van der Waals surface area contributed by atoms with Crippen molar-refractivity contribution in [2.24, 2.45) is 0 Å². The average molecular weight is 518 g/mol. The summed E-state index contributed by atoms with van der Waals surface area (Å²) in [7, 11) is 0. The van der Waals surface area contributed by atoms with Crippen LogP contribution in [0.1, 0.15) is 11.1 Å². The maximum atomic E-state index is 2.30. The Morgan fingerprint density at radius 3 is 1.15 bits per heavy atom. The van der Waals surface area contributed by atoms with E-state index in [1.165, 1.54) is 11.1 Å². The molecule has 0 amide bonds. The molecule has 2 aromatic carbocycles. The predicted octanol–water partition coefficient (Wildman–Crippen LogP) is 2.40. The fraction of sp³-hybridized carbons (Fsp3) is 0. The summed E-state index contributed by atoms with van der Waals surface area (Å²) in [4.78, 5) is 0. The fourth-order valence-electron chi connectivity index (χ4n) is 2.14. The Labute approximate surface area is 141 Å². The number of fused-ring (bicyclic) bond motifs is 1. The Bertz CT molecular complexity index is 638. The Hall–Kier alpha value is -0.00208. The van der Waals surface area contributed by atoms with Crippen LogP contribution in [-0.2, 0) is 0 Å². The van der Waals surface area contributed by atoms with Crippen LogP contribution >= 0.6 is 0 Å². The Kier molecular flexibility index (Phi) is 4.10. The molecule has 0 atom stereocenters. The Morgan fingerprint density at radius 1 is 0.400 bits per heavy atom. The summed E-state index contributed by atoms with van der Waals surface area (Å²) in [5, 5.41) is 0. The molecule has 0 aliphatic carbocycles. The Morgan fingerprint density at radius 2 is 0.750 bits per heavy atom. The molecular weight excluding hydrogens is 508 g/mol. The molecule has 0 spiro atoms. The van der Waals surface area contributed by atoms with Crippen LogP contribution in [0.25, 0.3) is 8.94 Å². The van der Waals surface area contributed by atoms with E-state index in [9.17, 15) is 0 Å². The number of hydrogen-bond acceptors (Lipinski definition) is 0. The number of hydrogen-bond donors (Lipinski definition) is 0. The molecule has 0 N–H and O–H groups in total. The standard InChI is InChI=1S/C16H10Se4/c1-3-7-11(8-4-1)13-15-16(20-17-13)14(18-19-15)12-9-5-2-6-10-12/h1-10H. The molecule has 0 saturated carbocycles. The molecule has 0 fully saturated rings. The second-order valence-corrected chi connectivity index (χ2v) is 16.5. The summed E-state index contributed by atoms with van der Waals surface area (Å²) in [5.74, 6) is 0. The summed E-state index contributed by atoms with van der Waals surface area (Å²) in [5.41, 5.74) is 2.98. The number of benzene rings is 2. The predicted molar refractivity (Wildman–Crippen MR) is 89.7 cm³/mol. The summed E-state index contributed by atoms with van der Waals surface area (Å²) < 4.78 is 7.01. The molecule has 2 aliphatic rings. The van der Waals surface area contributed by atoms with Gasteiger partial charge in [0.25, 0.3) is 0 Å². The van der Waals surface area contributed by atoms with Crippen LogP contribution in [0.3, 0.4) is 0 Å². The van der Waals surface area contributed by atoms with E-state index >= 15 is 0 Å². The molecule has 4 rings (SSSR count). The summed E-state index contributed by atoms with van der Waals surface area (Å²) >= 11 is 2.85. The molecule has 4 heteroatoms. The number of allylic oxidation sites excluding steroid dienone is 2. The average Bonchev–Trinajstić information content (AvgIpc) is 3.10. The first-order valence-electron chi connectivity index (χ1n) is 6.22. The van der Waals surface area contributed by atoms with Crippen molar-refractivity contribution in [3.63, 3.8) is 0 Å². The normalized spacial score (nSPS) is 17.8. The van der Waals surface area contributed by atoms with E-state index in [1.54, 1.807) is 17.9 Å². The van der Waals surface area contributed by atoms with Crippen LogP contribution in [0, 0.1) is 0 Å². The van der Waals surface area contributed by atoms with E-state index in [2.05, 4.69) is 60.7 Å². The van der Waals surface area contributed by atoms with Gasteiger partial charge >= 0.3 is 142 Å². The van der Waals surface area contributed by atoms with Crippen LogP contribution in [0.2, 0.25) is 0 Å². The third kappa shape index (κ3) is 2.46. The van der Waals surface area contributed by atoms with Gasteiger partial charge in [-0.25, -0.2) is 0 Å². The monoisotopic (exact) mass is 522 g/mol. The van der Waals surface area contributed by atoms with Crippen molar-refractivity contribution in [3.8, 4) is 0 Å². The molecule has 2 heterocycles. The van der Waals surface area contributed by atoms with E-state index in [0.717, 1.165) is 26.3 Å². The van der Waals surface area contributed by atoms with Gasteiger partial charge in [-0.2, -0.15) is 0 Å². The van der Waals surface area contributed by atoms with Crippen molar-refractivity contribution in [2.75, 3.05) is 0 Å². The van der Waals surface area contributed by atoms with Crippen molar-refractivity contribution in [1.29, 1.82) is 0 Å². The van der Waals surface area contributed by atoms with E-state index in [4.69, 9.17) is 0 Å². The van der Waals surface area contributed by atoms with Crippen molar-refractivity contribution in [2.45, 2.75) is 0 Å². The third-order valence-corrected chi connectivity index (χ3v) is 19.5. The van der Waals surface area contributed by atoms with Gasteiger partial charge in [-0.1, -0.05) is 0 Å². The van der Waals surface area contributed by atoms with Gasteiger partial charge in [-0.3, -0.25) is 0 Å². The van der Waals surface area contributed by atoms with Crippen LogP contribution in [0.15, 0.2) is 69.6 Å². The number of rotatable bonds is 2. The molecule has 2 aromatic rings. The molecule has 0 bridgehead atoms. The minimum absolute atomic E-state index is 0.706. The van der Waals surface area contributed by atoms with E-state index in [-0.39, 0.29) is 0 Å². The van der Waals surface area contributed by atoms with Crippen molar-refractivity contribution in [3.05, 3.63) is 80.7 Å². The van der Waals surface area contributed by atoms with E-state index < -0.39 is 0 Å². The molecular formula is C16H10Se4. The molecule has 0 nitrogen and oxygen atoms in total. The molecule has 2 aliphatic heterocycles. The quantitative estimate of drug-likeness (QED) is 0.537. The van der Waals surface area contributed by atoms with Crippen LogP contribution < -0.4 is 0 Å². The summed E-state index contributed by atoms with van der Waals surface area (Å²) in [6.45, 7) is 0. The molecule has 0 saturated heterocycles. The van der Waals surface area contributed by atoms with Gasteiger partial charge in [0.1, 0.15) is 0 Å². The van der Waals surface area contributed by atoms with Gasteiger partial charge < -0.3 is 0 Å². The second-order valence-electron chi connectivity index (χ2n) is 4.38. The first-order valence-corrected chi connectivity index (χ1v) is 18.3. The van der Waals surface area contributed by atoms with E-state index in [0.29, 0.717) is 26.3 Å². The first kappa shape index (κ1) is 13.6. The van der Waals surface area contributed by atoms with Crippen molar-refractivity contribution >= 4 is 61.5 Å². The molecule has 0 radical (unpaired) electrons. The van der Waals surface area contributed by atoms with Crippen LogP contribution in [0.4, 0.5) is 0 Å². The zero-order chi connectivity index (χ0) is 13.4. The zero-order valence-electron chi connectivity index (χ0n) is 10.4. The SMILES string of the molecule is c1ccc(C2=C3[Se][Se]C(c4ccccc4)=C3[Se][Se]2)cc1. The summed E-state index contributed by atoms with van der Waals surface area (Å²) in [6, 6.07) is 22.2. The van der Waals surface area contributed by atoms with Gasteiger partial charge in [0, 0.05) is 0 Å². The van der Waals surface area contributed by atoms with Gasteiger partial charge in [0.2, 0.25) is 0 Å². The summed E-state index contributed by atoms with van der Waals surface area (Å²) in [6.07, 6.45) is 0. The maximum absolute atomic E-state index is 2.30. The first-order chi connectivity index (χ1) is 9.93. The molecule has 0 aromatic heterocycles. The van der Waals surface area contributed by atoms with Gasteiger partial charge in [-0.15, -0.1) is 0 Å². The van der Waals surface area contributed by atoms with Crippen LogP contribution in [-0.4, -0.2) is 52.5 Å². The van der Waals surface area contributed by atoms with E-state index in [1.807, 2.05) is 0 Å². The third-order valence-electron chi connectivity index (χ3n) is 3.11. The minimum atomic E-state index is 0.706. The molecule has 20 heavy (non-hydrogen) atoms. The Balaban J connectivity index is 1.80. The van der Waals surface area contributed by atoms with Crippen LogP contribution in [0.5, 0.6) is 0 Å². The van der Waals surface area contributed by atoms with Crippen molar-refractivity contribution in [1.82, 2.24) is 0 Å². The second kappa shape index (κ2) is 6.01. The molecule has 0 unspecified atom stereocenters. The zero-order valence-corrected chi connectivity index (χ0v) is 17.3. The van der Waals surface area contributed by atoms with Gasteiger partial charge in [-0.05, 0) is 0 Å². The molecule has 98 valence electrons.